The first-order valence-electron chi connectivity index (χ1n) is 10.1. The molecular formula is C21H31ClN2O3. The molecule has 3 aliphatic rings. The van der Waals surface area contributed by atoms with E-state index >= 15 is 0 Å². The van der Waals surface area contributed by atoms with Crippen LogP contribution in [0.15, 0.2) is 24.3 Å². The fourth-order valence-corrected chi connectivity index (χ4v) is 3.81. The highest BCUT2D eigenvalue weighted by Gasteiger charge is 2.26. The lowest BCUT2D eigenvalue weighted by molar-refractivity contribution is 0.0674. The van der Waals surface area contributed by atoms with Gasteiger partial charge in [-0.25, -0.2) is 0 Å². The van der Waals surface area contributed by atoms with Crippen molar-refractivity contribution in [1.29, 1.82) is 0 Å². The Labute approximate surface area is 168 Å². The molecule has 2 saturated heterocycles. The predicted octanol–water partition coefficient (Wildman–Crippen LogP) is 3.27. The maximum Gasteiger partial charge on any atom is 0.253 e. The van der Waals surface area contributed by atoms with Crippen molar-refractivity contribution < 1.29 is 14.3 Å². The van der Waals surface area contributed by atoms with E-state index in [1.165, 1.54) is 12.8 Å². The topological polar surface area (TPSA) is 50.8 Å². The highest BCUT2D eigenvalue weighted by Crippen LogP contribution is 2.28. The van der Waals surface area contributed by atoms with Gasteiger partial charge in [-0.1, -0.05) is 6.07 Å². The van der Waals surface area contributed by atoms with E-state index in [1.807, 2.05) is 29.2 Å². The van der Waals surface area contributed by atoms with Gasteiger partial charge in [0.15, 0.2) is 0 Å². The Hall–Kier alpha value is -1.30. The van der Waals surface area contributed by atoms with Gasteiger partial charge in [-0.05, 0) is 69.2 Å². The number of carbonyl (C=O) groups excluding carboxylic acids is 1. The molecule has 3 fully saturated rings. The van der Waals surface area contributed by atoms with Gasteiger partial charge in [-0.3, -0.25) is 4.79 Å². The number of rotatable bonds is 7. The molecule has 2 aliphatic heterocycles. The van der Waals surface area contributed by atoms with Crippen LogP contribution in [0.2, 0.25) is 0 Å². The highest BCUT2D eigenvalue weighted by molar-refractivity contribution is 5.94. The number of nitrogens with zero attached hydrogens (tertiary/aromatic N) is 1. The van der Waals surface area contributed by atoms with Crippen molar-refractivity contribution in [3.63, 3.8) is 0 Å². The summed E-state index contributed by atoms with van der Waals surface area (Å²) >= 11 is 0. The number of ether oxygens (including phenoxy) is 2. The van der Waals surface area contributed by atoms with Gasteiger partial charge in [0.1, 0.15) is 12.4 Å². The Morgan fingerprint density at radius 2 is 2.00 bits per heavy atom. The van der Waals surface area contributed by atoms with Gasteiger partial charge in [-0.2, -0.15) is 0 Å². The standard InChI is InChI=1S/C21H30N2O3.ClH/c24-21(23-10-8-18(9-11-23)22-14-16-6-7-16)17-3-1-4-19(13-17)26-15-20-5-2-12-25-20;/h1,3-4,13,16,18,20,22H,2,5-12,14-15H2;1H. The zero-order valence-electron chi connectivity index (χ0n) is 15.9. The summed E-state index contributed by atoms with van der Waals surface area (Å²) in [7, 11) is 0. The maximum absolute atomic E-state index is 12.8. The second kappa shape index (κ2) is 9.76. The zero-order chi connectivity index (χ0) is 17.8. The number of carbonyl (C=O) groups is 1. The molecule has 0 spiro atoms. The molecule has 1 aromatic carbocycles. The summed E-state index contributed by atoms with van der Waals surface area (Å²) in [5.74, 6) is 1.78. The minimum Gasteiger partial charge on any atom is -0.491 e. The van der Waals surface area contributed by atoms with Crippen LogP contribution in [0, 0.1) is 5.92 Å². The lowest BCUT2D eigenvalue weighted by Gasteiger charge is -2.32. The van der Waals surface area contributed by atoms with Crippen molar-refractivity contribution >= 4 is 18.3 Å². The number of likely N-dealkylation sites (tertiary alicyclic amines) is 1. The van der Waals surface area contributed by atoms with Crippen molar-refractivity contribution in [2.45, 2.75) is 50.7 Å². The number of nitrogens with one attached hydrogen (secondary N) is 1. The normalized spacial score (nSPS) is 23.1. The average molecular weight is 395 g/mol. The Balaban J connectivity index is 0.00000210. The number of halogens is 1. The molecule has 5 nitrogen and oxygen atoms in total. The minimum atomic E-state index is 0. The summed E-state index contributed by atoms with van der Waals surface area (Å²) in [6.07, 6.45) is 7.23. The largest absolute Gasteiger partial charge is 0.491 e. The van der Waals surface area contributed by atoms with Crippen LogP contribution in [0.4, 0.5) is 0 Å². The van der Waals surface area contributed by atoms with E-state index in [0.29, 0.717) is 12.6 Å². The number of hydrogen-bond donors (Lipinski definition) is 1. The maximum atomic E-state index is 12.8. The third-order valence-corrected chi connectivity index (χ3v) is 5.72. The molecule has 1 aromatic rings. The molecule has 6 heteroatoms. The van der Waals surface area contributed by atoms with E-state index in [4.69, 9.17) is 9.47 Å². The first-order chi connectivity index (χ1) is 12.8. The van der Waals surface area contributed by atoms with Gasteiger partial charge in [0.2, 0.25) is 0 Å². The average Bonchev–Trinajstić information content (AvgIpc) is 3.37. The molecule has 1 N–H and O–H groups in total. The summed E-state index contributed by atoms with van der Waals surface area (Å²) in [6.45, 7) is 4.22. The van der Waals surface area contributed by atoms with E-state index < -0.39 is 0 Å². The molecule has 0 bridgehead atoms. The first-order valence-corrected chi connectivity index (χ1v) is 10.1. The van der Waals surface area contributed by atoms with Crippen LogP contribution in [0.25, 0.3) is 0 Å². The summed E-state index contributed by atoms with van der Waals surface area (Å²) in [6, 6.07) is 8.15. The molecule has 2 heterocycles. The SMILES string of the molecule is Cl.O=C(c1cccc(OCC2CCCO2)c1)N1CCC(NCC2CC2)CC1. The first kappa shape index (κ1) is 20.4. The molecule has 27 heavy (non-hydrogen) atoms. The van der Waals surface area contributed by atoms with Crippen LogP contribution in [-0.4, -0.2) is 55.8 Å². The van der Waals surface area contributed by atoms with Crippen LogP contribution in [0.5, 0.6) is 5.75 Å². The van der Waals surface area contributed by atoms with E-state index in [0.717, 1.165) is 69.2 Å². The van der Waals surface area contributed by atoms with Gasteiger partial charge in [0.05, 0.1) is 6.10 Å². The van der Waals surface area contributed by atoms with Crippen LogP contribution < -0.4 is 10.1 Å². The summed E-state index contributed by atoms with van der Waals surface area (Å²) in [5, 5.41) is 3.67. The monoisotopic (exact) mass is 394 g/mol. The predicted molar refractivity (Wildman–Crippen MR) is 108 cm³/mol. The lowest BCUT2D eigenvalue weighted by atomic mass is 10.0. The van der Waals surface area contributed by atoms with E-state index in [-0.39, 0.29) is 24.4 Å². The smallest absolute Gasteiger partial charge is 0.253 e. The summed E-state index contributed by atoms with van der Waals surface area (Å²) < 4.78 is 11.4. The van der Waals surface area contributed by atoms with Gasteiger partial charge in [-0.15, -0.1) is 12.4 Å². The van der Waals surface area contributed by atoms with Crippen LogP contribution in [-0.2, 0) is 4.74 Å². The second-order valence-electron chi connectivity index (χ2n) is 7.89. The molecule has 1 atom stereocenters. The fraction of sp³-hybridized carbons (Fsp3) is 0.667. The Bertz CT molecular complexity index is 609. The van der Waals surface area contributed by atoms with Crippen molar-refractivity contribution in [2.75, 3.05) is 32.8 Å². The Morgan fingerprint density at radius 3 is 2.70 bits per heavy atom. The third-order valence-electron chi connectivity index (χ3n) is 5.72. The lowest BCUT2D eigenvalue weighted by Crippen LogP contribution is -2.45. The van der Waals surface area contributed by atoms with Gasteiger partial charge >= 0.3 is 0 Å². The van der Waals surface area contributed by atoms with Crippen LogP contribution >= 0.6 is 12.4 Å². The number of piperidine rings is 1. The molecule has 1 amide bonds. The van der Waals surface area contributed by atoms with Crippen LogP contribution in [0.1, 0.15) is 48.9 Å². The van der Waals surface area contributed by atoms with Crippen molar-refractivity contribution in [2.24, 2.45) is 5.92 Å². The second-order valence-corrected chi connectivity index (χ2v) is 7.89. The third kappa shape index (κ3) is 5.84. The Morgan fingerprint density at radius 1 is 1.19 bits per heavy atom. The highest BCUT2D eigenvalue weighted by atomic mass is 35.5. The van der Waals surface area contributed by atoms with Crippen molar-refractivity contribution in [3.8, 4) is 5.75 Å². The van der Waals surface area contributed by atoms with E-state index in [2.05, 4.69) is 5.32 Å². The van der Waals surface area contributed by atoms with Gasteiger partial charge in [0.25, 0.3) is 5.91 Å². The molecule has 0 radical (unpaired) electrons. The van der Waals surface area contributed by atoms with E-state index in [9.17, 15) is 4.79 Å². The quantitative estimate of drug-likeness (QED) is 0.771. The van der Waals surface area contributed by atoms with Gasteiger partial charge < -0.3 is 19.7 Å². The molecule has 1 unspecified atom stereocenters. The molecule has 150 valence electrons. The molecule has 1 aliphatic carbocycles. The molecule has 1 saturated carbocycles. The number of amides is 1. The van der Waals surface area contributed by atoms with Crippen molar-refractivity contribution in [3.05, 3.63) is 29.8 Å². The molecule has 4 rings (SSSR count). The fourth-order valence-electron chi connectivity index (χ4n) is 3.81. The number of hydrogen-bond acceptors (Lipinski definition) is 4. The molecular weight excluding hydrogens is 364 g/mol. The van der Waals surface area contributed by atoms with Crippen LogP contribution in [0.3, 0.4) is 0 Å². The zero-order valence-corrected chi connectivity index (χ0v) is 16.7. The minimum absolute atomic E-state index is 0. The summed E-state index contributed by atoms with van der Waals surface area (Å²) in [4.78, 5) is 14.8. The van der Waals surface area contributed by atoms with Gasteiger partial charge in [0, 0.05) is 31.3 Å². The van der Waals surface area contributed by atoms with E-state index in [1.54, 1.807) is 0 Å². The van der Waals surface area contributed by atoms with Crippen molar-refractivity contribution in [1.82, 2.24) is 10.2 Å². The Kier molecular flexibility index (Phi) is 7.39. The molecule has 0 aromatic heterocycles. The number of benzene rings is 1. The summed E-state index contributed by atoms with van der Waals surface area (Å²) in [5.41, 5.74) is 0.722.